The number of hydrogen-bond donors (Lipinski definition) is 4. The number of aliphatic hydroxyl groups is 3. The summed E-state index contributed by atoms with van der Waals surface area (Å²) in [5.74, 6) is 0. The minimum Gasteiger partial charge on any atom is -0.396 e. The highest BCUT2D eigenvalue weighted by Crippen LogP contribution is 2.09. The number of rotatable bonds is 2. The lowest BCUT2D eigenvalue weighted by Crippen LogP contribution is -2.33. The summed E-state index contributed by atoms with van der Waals surface area (Å²) in [4.78, 5) is 0. The van der Waals surface area contributed by atoms with Crippen LogP contribution < -0.4 is 5.32 Å². The minimum absolute atomic E-state index is 0.0431. The van der Waals surface area contributed by atoms with E-state index in [1.807, 2.05) is 0 Å². The van der Waals surface area contributed by atoms with Gasteiger partial charge in [0.05, 0.1) is 12.2 Å². The van der Waals surface area contributed by atoms with Crippen LogP contribution in [0.15, 0.2) is 0 Å². The van der Waals surface area contributed by atoms with E-state index in [-0.39, 0.29) is 12.6 Å². The molecule has 4 heteroatoms. The molecule has 10 heavy (non-hydrogen) atoms. The van der Waals surface area contributed by atoms with Gasteiger partial charge in [0.25, 0.3) is 0 Å². The predicted molar refractivity (Wildman–Crippen MR) is 35.5 cm³/mol. The highest BCUT2D eigenvalue weighted by Gasteiger charge is 2.31. The van der Waals surface area contributed by atoms with E-state index in [4.69, 9.17) is 15.3 Å². The summed E-state index contributed by atoms with van der Waals surface area (Å²) in [7, 11) is 0. The molecule has 1 fully saturated rings. The molecule has 0 saturated carbocycles. The molecule has 1 aliphatic heterocycles. The molecule has 0 aromatic carbocycles. The molecular formula is C6H13NO3. The first kappa shape index (κ1) is 7.94. The Morgan fingerprint density at radius 2 is 2.10 bits per heavy atom. The molecule has 0 unspecified atom stereocenters. The third-order valence-electron chi connectivity index (χ3n) is 1.84. The Kier molecular flexibility index (Phi) is 2.62. The number of hydrogen-bond acceptors (Lipinski definition) is 4. The van der Waals surface area contributed by atoms with Crippen LogP contribution in [0.2, 0.25) is 0 Å². The fraction of sp³-hybridized carbons (Fsp3) is 1.00. The lowest BCUT2D eigenvalue weighted by atomic mass is 10.1. The standard InChI is InChI=1S/C6H13NO3/c8-2-1-4-6(10)5(9)3-7-4/h4-10H,1-3H2/t4-,5+,6+/m1/s1. The van der Waals surface area contributed by atoms with E-state index in [1.165, 1.54) is 0 Å². The van der Waals surface area contributed by atoms with Crippen LogP contribution in [0.25, 0.3) is 0 Å². The van der Waals surface area contributed by atoms with Crippen LogP contribution >= 0.6 is 0 Å². The zero-order valence-electron chi connectivity index (χ0n) is 5.70. The van der Waals surface area contributed by atoms with Gasteiger partial charge in [0.2, 0.25) is 0 Å². The zero-order valence-corrected chi connectivity index (χ0v) is 5.70. The predicted octanol–water partition coefficient (Wildman–Crippen LogP) is -1.94. The van der Waals surface area contributed by atoms with E-state index < -0.39 is 12.2 Å². The van der Waals surface area contributed by atoms with Crippen molar-refractivity contribution in [2.24, 2.45) is 0 Å². The van der Waals surface area contributed by atoms with Gasteiger partial charge in [-0.15, -0.1) is 0 Å². The van der Waals surface area contributed by atoms with Crippen molar-refractivity contribution in [3.8, 4) is 0 Å². The van der Waals surface area contributed by atoms with Crippen LogP contribution in [-0.2, 0) is 0 Å². The van der Waals surface area contributed by atoms with Crippen molar-refractivity contribution in [3.63, 3.8) is 0 Å². The number of β-amino-alcohol motifs (C(OH)–C–C–N with tert-alkyl or cyclic N) is 1. The third kappa shape index (κ3) is 1.46. The first-order valence-corrected chi connectivity index (χ1v) is 3.46. The van der Waals surface area contributed by atoms with E-state index in [0.29, 0.717) is 13.0 Å². The van der Waals surface area contributed by atoms with Gasteiger partial charge in [-0.25, -0.2) is 0 Å². The lowest BCUT2D eigenvalue weighted by molar-refractivity contribution is 0.0363. The Bertz CT molecular complexity index is 107. The van der Waals surface area contributed by atoms with E-state index in [2.05, 4.69) is 5.32 Å². The van der Waals surface area contributed by atoms with Gasteiger partial charge in [-0.1, -0.05) is 0 Å². The Balaban J connectivity index is 2.33. The molecular weight excluding hydrogens is 134 g/mol. The van der Waals surface area contributed by atoms with Crippen molar-refractivity contribution >= 4 is 0 Å². The van der Waals surface area contributed by atoms with Crippen LogP contribution in [0.3, 0.4) is 0 Å². The average Bonchev–Trinajstić information content (AvgIpc) is 2.20. The summed E-state index contributed by atoms with van der Waals surface area (Å²) < 4.78 is 0. The molecule has 4 N–H and O–H groups in total. The molecule has 60 valence electrons. The van der Waals surface area contributed by atoms with Gasteiger partial charge < -0.3 is 20.6 Å². The molecule has 1 rings (SSSR count). The first-order valence-electron chi connectivity index (χ1n) is 3.46. The van der Waals surface area contributed by atoms with Crippen LogP contribution in [0.4, 0.5) is 0 Å². The van der Waals surface area contributed by atoms with Crippen LogP contribution in [0.1, 0.15) is 6.42 Å². The van der Waals surface area contributed by atoms with Crippen molar-refractivity contribution in [2.75, 3.05) is 13.2 Å². The molecule has 0 spiro atoms. The fourth-order valence-electron chi connectivity index (χ4n) is 1.19. The van der Waals surface area contributed by atoms with Gasteiger partial charge in [0.15, 0.2) is 0 Å². The van der Waals surface area contributed by atoms with Crippen LogP contribution in [-0.4, -0.2) is 46.7 Å². The summed E-state index contributed by atoms with van der Waals surface area (Å²) in [6, 6.07) is -0.139. The normalized spacial score (nSPS) is 40.5. The van der Waals surface area contributed by atoms with E-state index in [0.717, 1.165) is 0 Å². The maximum absolute atomic E-state index is 9.16. The summed E-state index contributed by atoms with van der Waals surface area (Å²) in [5.41, 5.74) is 0. The quantitative estimate of drug-likeness (QED) is 0.367. The minimum atomic E-state index is -0.716. The molecule has 4 nitrogen and oxygen atoms in total. The van der Waals surface area contributed by atoms with Gasteiger partial charge in [-0.2, -0.15) is 0 Å². The highest BCUT2D eigenvalue weighted by atomic mass is 16.3. The molecule has 1 saturated heterocycles. The summed E-state index contributed by atoms with van der Waals surface area (Å²) >= 11 is 0. The van der Waals surface area contributed by atoms with Gasteiger partial charge >= 0.3 is 0 Å². The molecule has 1 aliphatic rings. The molecule has 1 heterocycles. The summed E-state index contributed by atoms with van der Waals surface area (Å²) in [6.07, 6.45) is -0.887. The maximum atomic E-state index is 9.16. The topological polar surface area (TPSA) is 72.7 Å². The summed E-state index contributed by atoms with van der Waals surface area (Å²) in [6.45, 7) is 0.466. The monoisotopic (exact) mass is 147 g/mol. The maximum Gasteiger partial charge on any atom is 0.0964 e. The number of aliphatic hydroxyl groups excluding tert-OH is 3. The van der Waals surface area contributed by atoms with Gasteiger partial charge in [-0.05, 0) is 6.42 Å². The van der Waals surface area contributed by atoms with Crippen molar-refractivity contribution in [2.45, 2.75) is 24.7 Å². The second-order valence-electron chi connectivity index (χ2n) is 2.58. The molecule has 0 amide bonds. The van der Waals surface area contributed by atoms with Crippen molar-refractivity contribution in [1.29, 1.82) is 0 Å². The second-order valence-corrected chi connectivity index (χ2v) is 2.58. The first-order chi connectivity index (χ1) is 4.75. The Hall–Kier alpha value is -0.160. The highest BCUT2D eigenvalue weighted by molar-refractivity contribution is 4.89. The number of nitrogens with one attached hydrogen (secondary N) is 1. The van der Waals surface area contributed by atoms with Gasteiger partial charge in [-0.3, -0.25) is 0 Å². The average molecular weight is 147 g/mol. The lowest BCUT2D eigenvalue weighted by Gasteiger charge is -2.13. The van der Waals surface area contributed by atoms with Crippen molar-refractivity contribution in [3.05, 3.63) is 0 Å². The van der Waals surface area contributed by atoms with E-state index in [1.54, 1.807) is 0 Å². The fourth-order valence-corrected chi connectivity index (χ4v) is 1.19. The smallest absolute Gasteiger partial charge is 0.0964 e. The molecule has 0 aromatic rings. The Labute approximate surface area is 59.5 Å². The third-order valence-corrected chi connectivity index (χ3v) is 1.84. The summed E-state index contributed by atoms with van der Waals surface area (Å²) in [5, 5.41) is 29.6. The van der Waals surface area contributed by atoms with Gasteiger partial charge in [0.1, 0.15) is 0 Å². The molecule has 0 aliphatic carbocycles. The zero-order chi connectivity index (χ0) is 7.56. The van der Waals surface area contributed by atoms with Crippen molar-refractivity contribution < 1.29 is 15.3 Å². The van der Waals surface area contributed by atoms with Crippen LogP contribution in [0.5, 0.6) is 0 Å². The molecule has 3 atom stereocenters. The molecule has 0 aromatic heterocycles. The molecule has 0 bridgehead atoms. The van der Waals surface area contributed by atoms with E-state index in [9.17, 15) is 0 Å². The Morgan fingerprint density at radius 3 is 2.50 bits per heavy atom. The largest absolute Gasteiger partial charge is 0.396 e. The van der Waals surface area contributed by atoms with E-state index >= 15 is 0 Å². The molecule has 0 radical (unpaired) electrons. The Morgan fingerprint density at radius 1 is 1.40 bits per heavy atom. The van der Waals surface area contributed by atoms with Crippen LogP contribution in [0, 0.1) is 0 Å². The van der Waals surface area contributed by atoms with Crippen molar-refractivity contribution in [1.82, 2.24) is 5.32 Å². The second kappa shape index (κ2) is 3.30. The van der Waals surface area contributed by atoms with Gasteiger partial charge in [0, 0.05) is 19.2 Å². The SMILES string of the molecule is OCC[C@H]1NC[C@H](O)[C@H]1O.